The maximum absolute atomic E-state index is 4.74. The third kappa shape index (κ3) is 4.02. The zero-order valence-corrected chi connectivity index (χ0v) is 14.8. The van der Waals surface area contributed by atoms with E-state index in [4.69, 9.17) is 9.97 Å². The van der Waals surface area contributed by atoms with E-state index in [1.54, 1.807) is 24.8 Å². The van der Waals surface area contributed by atoms with Gasteiger partial charge in [0.05, 0.1) is 12.7 Å². The van der Waals surface area contributed by atoms with Crippen LogP contribution in [0.2, 0.25) is 0 Å². The Morgan fingerprint density at radius 1 is 1.19 bits per heavy atom. The standard InChI is InChI=1S/C18H22N8/c1-13-9-15(24-16-10-19-4-5-20-16)25-18(23-13)14-3-2-8-26(11-14)12-17-21-6-7-22-17/h4-7,9-10,14H,2-3,8,11-12H2,1H3,(H,21,22)(H,20,23,24,25)/t14-/m1/s1. The van der Waals surface area contributed by atoms with E-state index in [-0.39, 0.29) is 0 Å². The molecule has 8 heteroatoms. The second kappa shape index (κ2) is 7.57. The topological polar surface area (TPSA) is 95.5 Å². The van der Waals surface area contributed by atoms with Crippen molar-refractivity contribution in [1.29, 1.82) is 0 Å². The van der Waals surface area contributed by atoms with Crippen LogP contribution < -0.4 is 5.32 Å². The lowest BCUT2D eigenvalue weighted by atomic mass is 9.97. The van der Waals surface area contributed by atoms with Crippen LogP contribution in [0, 0.1) is 6.92 Å². The van der Waals surface area contributed by atoms with Crippen LogP contribution in [-0.2, 0) is 6.54 Å². The highest BCUT2D eigenvalue weighted by atomic mass is 15.2. The highest BCUT2D eigenvalue weighted by Gasteiger charge is 2.24. The number of anilines is 2. The van der Waals surface area contributed by atoms with E-state index in [1.807, 2.05) is 19.2 Å². The highest BCUT2D eigenvalue weighted by molar-refractivity contribution is 5.50. The first kappa shape index (κ1) is 16.6. The number of likely N-dealkylation sites (tertiary alicyclic amines) is 1. The molecule has 26 heavy (non-hydrogen) atoms. The molecule has 0 spiro atoms. The van der Waals surface area contributed by atoms with Gasteiger partial charge in [-0.05, 0) is 26.3 Å². The lowest BCUT2D eigenvalue weighted by Gasteiger charge is -2.31. The molecule has 0 radical (unpaired) electrons. The summed E-state index contributed by atoms with van der Waals surface area (Å²) in [5.41, 5.74) is 0.949. The molecule has 3 aromatic rings. The molecule has 0 aromatic carbocycles. The molecule has 2 N–H and O–H groups in total. The monoisotopic (exact) mass is 350 g/mol. The summed E-state index contributed by atoms with van der Waals surface area (Å²) in [6.45, 7) is 4.85. The second-order valence-corrected chi connectivity index (χ2v) is 6.58. The quantitative estimate of drug-likeness (QED) is 0.729. The predicted octanol–water partition coefficient (Wildman–Crippen LogP) is 2.42. The summed E-state index contributed by atoms with van der Waals surface area (Å²) in [5, 5.41) is 3.22. The number of aromatic amines is 1. The maximum atomic E-state index is 4.74. The smallest absolute Gasteiger partial charge is 0.150 e. The van der Waals surface area contributed by atoms with E-state index in [1.165, 1.54) is 0 Å². The van der Waals surface area contributed by atoms with E-state index in [9.17, 15) is 0 Å². The van der Waals surface area contributed by atoms with Crippen molar-refractivity contribution in [2.75, 3.05) is 18.4 Å². The van der Waals surface area contributed by atoms with Gasteiger partial charge >= 0.3 is 0 Å². The first-order chi connectivity index (χ1) is 12.8. The normalized spacial score (nSPS) is 18.0. The van der Waals surface area contributed by atoms with Crippen LogP contribution in [0.25, 0.3) is 0 Å². The Bertz CT molecular complexity index is 834. The Morgan fingerprint density at radius 3 is 2.96 bits per heavy atom. The van der Waals surface area contributed by atoms with E-state index < -0.39 is 0 Å². The summed E-state index contributed by atoms with van der Waals surface area (Å²) in [6.07, 6.45) is 10.9. The second-order valence-electron chi connectivity index (χ2n) is 6.58. The molecule has 1 aliphatic heterocycles. The van der Waals surface area contributed by atoms with Gasteiger partial charge in [-0.3, -0.25) is 9.88 Å². The first-order valence-corrected chi connectivity index (χ1v) is 8.85. The minimum Gasteiger partial charge on any atom is -0.348 e. The summed E-state index contributed by atoms with van der Waals surface area (Å²) in [7, 11) is 0. The van der Waals surface area contributed by atoms with Crippen molar-refractivity contribution in [3.8, 4) is 0 Å². The van der Waals surface area contributed by atoms with Crippen molar-refractivity contribution in [3.63, 3.8) is 0 Å². The van der Waals surface area contributed by atoms with Crippen molar-refractivity contribution in [2.45, 2.75) is 32.2 Å². The first-order valence-electron chi connectivity index (χ1n) is 8.85. The number of nitrogens with zero attached hydrogens (tertiary/aromatic N) is 6. The lowest BCUT2D eigenvalue weighted by molar-refractivity contribution is 0.192. The fraction of sp³-hybridized carbons (Fsp3) is 0.389. The minimum absolute atomic E-state index is 0.320. The van der Waals surface area contributed by atoms with Gasteiger partial charge in [-0.1, -0.05) is 0 Å². The SMILES string of the molecule is Cc1cc(Nc2cnccn2)nc([C@@H]2CCCN(Cc3ncc[nH]3)C2)n1. The summed E-state index contributed by atoms with van der Waals surface area (Å²) >= 11 is 0. The molecule has 0 aliphatic carbocycles. The average molecular weight is 350 g/mol. The van der Waals surface area contributed by atoms with Crippen molar-refractivity contribution >= 4 is 11.6 Å². The molecule has 134 valence electrons. The van der Waals surface area contributed by atoms with Crippen LogP contribution in [0.1, 0.15) is 36.1 Å². The number of hydrogen-bond donors (Lipinski definition) is 2. The molecule has 1 fully saturated rings. The van der Waals surface area contributed by atoms with Gasteiger partial charge in [0, 0.05) is 49.0 Å². The molecule has 4 rings (SSSR count). The molecular formula is C18H22N8. The van der Waals surface area contributed by atoms with Crippen LogP contribution in [0.5, 0.6) is 0 Å². The van der Waals surface area contributed by atoms with Crippen LogP contribution in [0.15, 0.2) is 37.1 Å². The largest absolute Gasteiger partial charge is 0.348 e. The molecule has 1 saturated heterocycles. The molecule has 1 atom stereocenters. The van der Waals surface area contributed by atoms with Gasteiger partial charge in [0.2, 0.25) is 0 Å². The van der Waals surface area contributed by atoms with Crippen molar-refractivity contribution < 1.29 is 0 Å². The molecule has 0 bridgehead atoms. The third-order valence-corrected chi connectivity index (χ3v) is 4.49. The van der Waals surface area contributed by atoms with Gasteiger partial charge in [0.15, 0.2) is 0 Å². The van der Waals surface area contributed by atoms with E-state index >= 15 is 0 Å². The number of aromatic nitrogens is 6. The molecular weight excluding hydrogens is 328 g/mol. The Labute approximate surface area is 152 Å². The van der Waals surface area contributed by atoms with Crippen molar-refractivity contribution in [1.82, 2.24) is 34.8 Å². The molecule has 1 aliphatic rings. The van der Waals surface area contributed by atoms with E-state index in [0.29, 0.717) is 11.7 Å². The van der Waals surface area contributed by atoms with Crippen molar-refractivity contribution in [2.24, 2.45) is 0 Å². The summed E-state index contributed by atoms with van der Waals surface area (Å²) in [6, 6.07) is 1.93. The molecule has 0 saturated carbocycles. The number of H-pyrrole nitrogens is 1. The highest BCUT2D eigenvalue weighted by Crippen LogP contribution is 2.26. The molecule has 4 heterocycles. The van der Waals surface area contributed by atoms with Gasteiger partial charge in [-0.2, -0.15) is 0 Å². The Balaban J connectivity index is 1.49. The predicted molar refractivity (Wildman–Crippen MR) is 97.9 cm³/mol. The molecule has 0 unspecified atom stereocenters. The number of hydrogen-bond acceptors (Lipinski definition) is 7. The molecule has 8 nitrogen and oxygen atoms in total. The van der Waals surface area contributed by atoms with Gasteiger partial charge in [-0.15, -0.1) is 0 Å². The Morgan fingerprint density at radius 2 is 2.15 bits per heavy atom. The van der Waals surface area contributed by atoms with E-state index in [0.717, 1.165) is 55.6 Å². The lowest BCUT2D eigenvalue weighted by Crippen LogP contribution is -2.35. The minimum atomic E-state index is 0.320. The van der Waals surface area contributed by atoms with Crippen LogP contribution in [-0.4, -0.2) is 47.9 Å². The zero-order valence-electron chi connectivity index (χ0n) is 14.8. The zero-order chi connectivity index (χ0) is 17.8. The number of piperidine rings is 1. The number of rotatable bonds is 5. The molecule has 3 aromatic heterocycles. The summed E-state index contributed by atoms with van der Waals surface area (Å²) in [4.78, 5) is 27.7. The number of aryl methyl sites for hydroxylation is 1. The van der Waals surface area contributed by atoms with Gasteiger partial charge in [-0.25, -0.2) is 19.9 Å². The van der Waals surface area contributed by atoms with Gasteiger partial charge in [0.1, 0.15) is 23.3 Å². The summed E-state index contributed by atoms with van der Waals surface area (Å²) < 4.78 is 0. The van der Waals surface area contributed by atoms with Crippen LogP contribution in [0.4, 0.5) is 11.6 Å². The van der Waals surface area contributed by atoms with Crippen molar-refractivity contribution in [3.05, 3.63) is 54.4 Å². The average Bonchev–Trinajstić information content (AvgIpc) is 3.15. The fourth-order valence-corrected chi connectivity index (χ4v) is 3.34. The Hall–Kier alpha value is -2.87. The van der Waals surface area contributed by atoms with Crippen LogP contribution in [0.3, 0.4) is 0 Å². The number of nitrogens with one attached hydrogen (secondary N) is 2. The maximum Gasteiger partial charge on any atom is 0.150 e. The Kier molecular flexibility index (Phi) is 4.83. The number of imidazole rings is 1. The molecule has 0 amide bonds. The fourth-order valence-electron chi connectivity index (χ4n) is 3.34. The van der Waals surface area contributed by atoms with Gasteiger partial charge in [0.25, 0.3) is 0 Å². The van der Waals surface area contributed by atoms with E-state index in [2.05, 4.69) is 30.2 Å². The summed E-state index contributed by atoms with van der Waals surface area (Å²) in [5.74, 6) is 3.65. The third-order valence-electron chi connectivity index (χ3n) is 4.49. The van der Waals surface area contributed by atoms with Crippen LogP contribution >= 0.6 is 0 Å². The van der Waals surface area contributed by atoms with Gasteiger partial charge < -0.3 is 10.3 Å².